The third kappa shape index (κ3) is 5.85. The zero-order valence-corrected chi connectivity index (χ0v) is 13.0. The minimum absolute atomic E-state index is 0.0391. The number of carbonyl (C=O) groups excluding carboxylic acids is 1. The molecule has 1 aliphatic heterocycles. The quantitative estimate of drug-likeness (QED) is 0.717. The highest BCUT2D eigenvalue weighted by atomic mass is 16.5. The van der Waals surface area contributed by atoms with Gasteiger partial charge in [-0.1, -0.05) is 13.8 Å². The number of hydrogen-bond acceptors (Lipinski definition) is 4. The van der Waals surface area contributed by atoms with Crippen LogP contribution in [0.15, 0.2) is 12.4 Å². The van der Waals surface area contributed by atoms with Crippen molar-refractivity contribution in [2.75, 3.05) is 18.5 Å². The Morgan fingerprint density at radius 2 is 2.43 bits per heavy atom. The van der Waals surface area contributed by atoms with Gasteiger partial charge >= 0.3 is 0 Å². The molecule has 2 rings (SSSR count). The third-order valence-electron chi connectivity index (χ3n) is 3.46. The summed E-state index contributed by atoms with van der Waals surface area (Å²) in [6, 6.07) is 0.462. The van der Waals surface area contributed by atoms with E-state index in [2.05, 4.69) is 29.6 Å². The lowest BCUT2D eigenvalue weighted by Gasteiger charge is -2.08. The van der Waals surface area contributed by atoms with Gasteiger partial charge in [-0.2, -0.15) is 5.10 Å². The number of ether oxygens (including phenoxy) is 1. The van der Waals surface area contributed by atoms with Crippen molar-refractivity contribution in [2.45, 2.75) is 58.2 Å². The Morgan fingerprint density at radius 1 is 1.57 bits per heavy atom. The van der Waals surface area contributed by atoms with E-state index in [9.17, 15) is 4.79 Å². The van der Waals surface area contributed by atoms with Gasteiger partial charge in [0.15, 0.2) is 0 Å². The number of carbonyl (C=O) groups is 1. The molecule has 2 heterocycles. The van der Waals surface area contributed by atoms with Crippen LogP contribution in [0.1, 0.15) is 39.5 Å². The van der Waals surface area contributed by atoms with Crippen molar-refractivity contribution in [3.05, 3.63) is 12.4 Å². The molecule has 1 aliphatic rings. The summed E-state index contributed by atoms with van der Waals surface area (Å²) in [5, 5.41) is 10.4. The number of nitrogens with zero attached hydrogens (tertiary/aromatic N) is 2. The summed E-state index contributed by atoms with van der Waals surface area (Å²) >= 11 is 0. The first kappa shape index (κ1) is 16.0. The Labute approximate surface area is 126 Å². The maximum absolute atomic E-state index is 11.8. The third-order valence-corrected chi connectivity index (χ3v) is 3.46. The number of rotatable bonds is 8. The van der Waals surface area contributed by atoms with E-state index in [0.717, 1.165) is 44.6 Å². The molecular formula is C15H26N4O2. The highest BCUT2D eigenvalue weighted by Crippen LogP contribution is 2.15. The van der Waals surface area contributed by atoms with Crippen LogP contribution in [0.2, 0.25) is 0 Å². The summed E-state index contributed by atoms with van der Waals surface area (Å²) in [6.45, 7) is 6.67. The molecule has 0 saturated carbocycles. The molecule has 2 N–H and O–H groups in total. The van der Waals surface area contributed by atoms with Crippen molar-refractivity contribution < 1.29 is 9.53 Å². The summed E-state index contributed by atoms with van der Waals surface area (Å²) in [5.74, 6) is 0.0391. The van der Waals surface area contributed by atoms with E-state index in [0.29, 0.717) is 12.5 Å². The van der Waals surface area contributed by atoms with Crippen LogP contribution in [0, 0.1) is 0 Å². The Kier molecular flexibility index (Phi) is 6.20. The van der Waals surface area contributed by atoms with Crippen molar-refractivity contribution in [2.24, 2.45) is 0 Å². The summed E-state index contributed by atoms with van der Waals surface area (Å²) in [7, 11) is 0. The standard InChI is InChI=1S/C15H26N4O2/c1-12(2)16-7-3-6-15(20)18-13-9-17-19(10-13)11-14-5-4-8-21-14/h9-10,12,14,16H,3-8,11H2,1-2H3,(H,18,20). The van der Waals surface area contributed by atoms with Gasteiger partial charge in [-0.25, -0.2) is 0 Å². The van der Waals surface area contributed by atoms with Crippen LogP contribution >= 0.6 is 0 Å². The van der Waals surface area contributed by atoms with Crippen LogP contribution in [-0.4, -0.2) is 41.0 Å². The van der Waals surface area contributed by atoms with E-state index in [1.165, 1.54) is 0 Å². The average Bonchev–Trinajstić information content (AvgIpc) is 3.07. The average molecular weight is 294 g/mol. The smallest absolute Gasteiger partial charge is 0.224 e. The number of hydrogen-bond donors (Lipinski definition) is 2. The molecule has 21 heavy (non-hydrogen) atoms. The van der Waals surface area contributed by atoms with Gasteiger partial charge in [0.2, 0.25) is 5.91 Å². The molecule has 1 saturated heterocycles. The number of anilines is 1. The van der Waals surface area contributed by atoms with Crippen LogP contribution in [0.3, 0.4) is 0 Å². The second-order valence-electron chi connectivity index (χ2n) is 5.85. The van der Waals surface area contributed by atoms with E-state index in [4.69, 9.17) is 4.74 Å². The van der Waals surface area contributed by atoms with E-state index >= 15 is 0 Å². The molecule has 118 valence electrons. The molecule has 6 heteroatoms. The van der Waals surface area contributed by atoms with Crippen LogP contribution in [0.4, 0.5) is 5.69 Å². The molecule has 1 aromatic heterocycles. The molecule has 1 amide bonds. The molecule has 0 radical (unpaired) electrons. The van der Waals surface area contributed by atoms with Gasteiger partial charge in [-0.05, 0) is 25.8 Å². The first-order valence-electron chi connectivity index (χ1n) is 7.81. The molecule has 1 atom stereocenters. The lowest BCUT2D eigenvalue weighted by Crippen LogP contribution is -2.24. The topological polar surface area (TPSA) is 68.2 Å². The van der Waals surface area contributed by atoms with E-state index in [1.54, 1.807) is 6.20 Å². The predicted octanol–water partition coefficient (Wildman–Crippen LogP) is 1.78. The van der Waals surface area contributed by atoms with Crippen molar-refractivity contribution in [1.29, 1.82) is 0 Å². The molecular weight excluding hydrogens is 268 g/mol. The van der Waals surface area contributed by atoms with Crippen LogP contribution in [0.5, 0.6) is 0 Å². The van der Waals surface area contributed by atoms with Gasteiger partial charge in [-0.15, -0.1) is 0 Å². The van der Waals surface area contributed by atoms with Crippen molar-refractivity contribution in [3.8, 4) is 0 Å². The van der Waals surface area contributed by atoms with Crippen LogP contribution < -0.4 is 10.6 Å². The van der Waals surface area contributed by atoms with Crippen LogP contribution in [0.25, 0.3) is 0 Å². The fourth-order valence-electron chi connectivity index (χ4n) is 2.39. The maximum atomic E-state index is 11.8. The summed E-state index contributed by atoms with van der Waals surface area (Å²) in [6.07, 6.45) is 7.40. The van der Waals surface area contributed by atoms with Crippen LogP contribution in [-0.2, 0) is 16.1 Å². The predicted molar refractivity (Wildman–Crippen MR) is 82.2 cm³/mol. The highest BCUT2D eigenvalue weighted by molar-refractivity contribution is 5.90. The Bertz CT molecular complexity index is 439. The summed E-state index contributed by atoms with van der Waals surface area (Å²) in [5.41, 5.74) is 0.759. The zero-order chi connectivity index (χ0) is 15.1. The first-order valence-corrected chi connectivity index (χ1v) is 7.81. The van der Waals surface area contributed by atoms with Gasteiger partial charge in [0.1, 0.15) is 0 Å². The molecule has 0 aliphatic carbocycles. The molecule has 0 aromatic carbocycles. The van der Waals surface area contributed by atoms with Crippen molar-refractivity contribution in [1.82, 2.24) is 15.1 Å². The van der Waals surface area contributed by atoms with Crippen molar-refractivity contribution >= 4 is 11.6 Å². The first-order chi connectivity index (χ1) is 10.1. The second-order valence-corrected chi connectivity index (χ2v) is 5.85. The van der Waals surface area contributed by atoms with Gasteiger partial charge < -0.3 is 15.4 Å². The van der Waals surface area contributed by atoms with E-state index in [1.807, 2.05) is 10.9 Å². The Hall–Kier alpha value is -1.40. The highest BCUT2D eigenvalue weighted by Gasteiger charge is 2.16. The maximum Gasteiger partial charge on any atom is 0.224 e. The monoisotopic (exact) mass is 294 g/mol. The molecule has 6 nitrogen and oxygen atoms in total. The van der Waals surface area contributed by atoms with Gasteiger partial charge in [0, 0.05) is 25.3 Å². The minimum Gasteiger partial charge on any atom is -0.376 e. The SMILES string of the molecule is CC(C)NCCCC(=O)Nc1cnn(CC2CCCO2)c1. The lowest BCUT2D eigenvalue weighted by atomic mass is 10.2. The molecule has 1 unspecified atom stereocenters. The van der Waals surface area contributed by atoms with Gasteiger partial charge in [0.25, 0.3) is 0 Å². The van der Waals surface area contributed by atoms with Crippen molar-refractivity contribution in [3.63, 3.8) is 0 Å². The summed E-state index contributed by atoms with van der Waals surface area (Å²) in [4.78, 5) is 11.8. The Morgan fingerprint density at radius 3 is 3.14 bits per heavy atom. The number of amides is 1. The Balaban J connectivity index is 1.67. The number of nitrogens with one attached hydrogen (secondary N) is 2. The molecule has 0 spiro atoms. The molecule has 0 bridgehead atoms. The normalized spacial score (nSPS) is 18.3. The van der Waals surface area contributed by atoms with E-state index < -0.39 is 0 Å². The zero-order valence-electron chi connectivity index (χ0n) is 13.0. The largest absolute Gasteiger partial charge is 0.376 e. The second kappa shape index (κ2) is 8.14. The van der Waals surface area contributed by atoms with Gasteiger partial charge in [-0.3, -0.25) is 9.48 Å². The van der Waals surface area contributed by atoms with E-state index in [-0.39, 0.29) is 12.0 Å². The van der Waals surface area contributed by atoms with Gasteiger partial charge in [0.05, 0.1) is 24.5 Å². The minimum atomic E-state index is 0.0391. The molecule has 1 aromatic rings. The summed E-state index contributed by atoms with van der Waals surface area (Å²) < 4.78 is 7.42. The fourth-order valence-corrected chi connectivity index (χ4v) is 2.39. The molecule has 1 fully saturated rings. The fraction of sp³-hybridized carbons (Fsp3) is 0.733. The lowest BCUT2D eigenvalue weighted by molar-refractivity contribution is -0.116. The number of aromatic nitrogens is 2.